The van der Waals surface area contributed by atoms with Crippen LogP contribution in [0.4, 0.5) is 0 Å². The van der Waals surface area contributed by atoms with Gasteiger partial charge < -0.3 is 9.22 Å². The second-order valence-electron chi connectivity index (χ2n) is 8.59. The molecule has 3 heteroatoms. The summed E-state index contributed by atoms with van der Waals surface area (Å²) in [5.74, 6) is 0.0392. The highest BCUT2D eigenvalue weighted by atomic mass is 16.5. The molecule has 0 radical (unpaired) electrons. The number of rotatable bonds is 12. The van der Waals surface area contributed by atoms with Gasteiger partial charge in [-0.25, -0.2) is 4.79 Å². The number of esters is 1. The number of unbranched alkanes of at least 4 members (excludes halogenated alkanes) is 7. The van der Waals surface area contributed by atoms with Gasteiger partial charge in [0.05, 0.1) is 21.1 Å². The van der Waals surface area contributed by atoms with Crippen molar-refractivity contribution in [3.8, 4) is 0 Å². The van der Waals surface area contributed by atoms with E-state index in [0.29, 0.717) is 4.48 Å². The minimum atomic E-state index is -0.00739. The molecule has 0 bridgehead atoms. The van der Waals surface area contributed by atoms with E-state index in [0.717, 1.165) is 25.7 Å². The van der Waals surface area contributed by atoms with Crippen LogP contribution in [0.5, 0.6) is 0 Å². The highest BCUT2D eigenvalue weighted by Gasteiger charge is 2.34. The molecule has 1 aliphatic carbocycles. The SMILES string of the molecule is CCCCCCCCCC[C@H](C(=O)OC1CCCCC1)[N+](C)(C)C. The van der Waals surface area contributed by atoms with Crippen LogP contribution in [0.15, 0.2) is 0 Å². The molecule has 1 rings (SSSR count). The van der Waals surface area contributed by atoms with E-state index in [1.807, 2.05) is 0 Å². The number of likely N-dealkylation sites (N-methyl/N-ethyl adjacent to an activating group) is 1. The predicted molar refractivity (Wildman–Crippen MR) is 102 cm³/mol. The van der Waals surface area contributed by atoms with Crippen molar-refractivity contribution in [2.75, 3.05) is 21.1 Å². The molecule has 0 aromatic heterocycles. The van der Waals surface area contributed by atoms with Crippen molar-refractivity contribution in [3.63, 3.8) is 0 Å². The van der Waals surface area contributed by atoms with Crippen LogP contribution in [-0.2, 0) is 9.53 Å². The number of nitrogens with zero attached hydrogens (tertiary/aromatic N) is 1. The molecular weight excluding hydrogens is 298 g/mol. The van der Waals surface area contributed by atoms with Gasteiger partial charge in [0.25, 0.3) is 0 Å². The fourth-order valence-electron chi connectivity index (χ4n) is 3.72. The summed E-state index contributed by atoms with van der Waals surface area (Å²) in [6.45, 7) is 2.26. The Morgan fingerprint density at radius 1 is 0.917 bits per heavy atom. The van der Waals surface area contributed by atoms with Crippen LogP contribution in [0.2, 0.25) is 0 Å². The average Bonchev–Trinajstić information content (AvgIpc) is 2.53. The molecule has 0 amide bonds. The molecule has 3 nitrogen and oxygen atoms in total. The van der Waals surface area contributed by atoms with Crippen molar-refractivity contribution in [1.82, 2.24) is 0 Å². The van der Waals surface area contributed by atoms with Crippen LogP contribution in [-0.4, -0.2) is 43.7 Å². The lowest BCUT2D eigenvalue weighted by molar-refractivity contribution is -0.887. The van der Waals surface area contributed by atoms with E-state index in [4.69, 9.17) is 4.74 Å². The molecule has 0 aromatic carbocycles. The van der Waals surface area contributed by atoms with Gasteiger partial charge in [-0.1, -0.05) is 58.3 Å². The molecular formula is C21H42NO2+. The van der Waals surface area contributed by atoms with Crippen molar-refractivity contribution in [3.05, 3.63) is 0 Å². The predicted octanol–water partition coefficient (Wildman–Crippen LogP) is 5.47. The zero-order valence-electron chi connectivity index (χ0n) is 16.8. The normalized spacial score (nSPS) is 17.7. The van der Waals surface area contributed by atoms with E-state index in [9.17, 15) is 4.79 Å². The number of ether oxygens (including phenoxy) is 1. The van der Waals surface area contributed by atoms with Gasteiger partial charge in [0.15, 0.2) is 6.04 Å². The first kappa shape index (κ1) is 21.5. The minimum absolute atomic E-state index is 0.00739. The maximum atomic E-state index is 12.7. The van der Waals surface area contributed by atoms with Gasteiger partial charge >= 0.3 is 5.97 Å². The Bertz CT molecular complexity index is 329. The Morgan fingerprint density at radius 3 is 2.00 bits per heavy atom. The number of carbonyl (C=O) groups excluding carboxylic acids is 1. The van der Waals surface area contributed by atoms with E-state index in [-0.39, 0.29) is 18.1 Å². The number of hydrogen-bond acceptors (Lipinski definition) is 2. The summed E-state index contributed by atoms with van der Waals surface area (Å²) in [6, 6.07) is -0.00739. The van der Waals surface area contributed by atoms with E-state index >= 15 is 0 Å². The van der Waals surface area contributed by atoms with Gasteiger partial charge in [0.1, 0.15) is 6.10 Å². The lowest BCUT2D eigenvalue weighted by atomic mass is 9.97. The van der Waals surface area contributed by atoms with Gasteiger partial charge in [0, 0.05) is 6.42 Å². The Balaban J connectivity index is 2.27. The molecule has 0 heterocycles. The molecule has 0 aromatic rings. The first-order chi connectivity index (χ1) is 11.4. The van der Waals surface area contributed by atoms with Crippen LogP contribution in [0, 0.1) is 0 Å². The smallest absolute Gasteiger partial charge is 0.365 e. The van der Waals surface area contributed by atoms with Gasteiger partial charge in [-0.15, -0.1) is 0 Å². The summed E-state index contributed by atoms with van der Waals surface area (Å²) in [7, 11) is 6.37. The van der Waals surface area contributed by atoms with Gasteiger partial charge in [-0.2, -0.15) is 0 Å². The van der Waals surface area contributed by atoms with Gasteiger partial charge in [-0.3, -0.25) is 0 Å². The molecule has 0 spiro atoms. The molecule has 1 aliphatic rings. The van der Waals surface area contributed by atoms with Gasteiger partial charge in [0.2, 0.25) is 0 Å². The Morgan fingerprint density at radius 2 is 1.46 bits per heavy atom. The summed E-state index contributed by atoms with van der Waals surface area (Å²) in [4.78, 5) is 12.7. The summed E-state index contributed by atoms with van der Waals surface area (Å²) >= 11 is 0. The Hall–Kier alpha value is -0.570. The van der Waals surface area contributed by atoms with Crippen LogP contribution in [0.3, 0.4) is 0 Å². The standard InChI is InChI=1S/C21H42NO2/c1-5-6-7-8-9-10-11-15-18-20(22(2,3)4)21(23)24-19-16-13-12-14-17-19/h19-20H,5-18H2,1-4H3/q+1/t20-/m1/s1. The number of carbonyl (C=O) groups is 1. The Labute approximate surface area is 150 Å². The minimum Gasteiger partial charge on any atom is -0.458 e. The topological polar surface area (TPSA) is 26.3 Å². The largest absolute Gasteiger partial charge is 0.458 e. The Kier molecular flexibility index (Phi) is 10.6. The zero-order valence-corrected chi connectivity index (χ0v) is 16.8. The first-order valence-electron chi connectivity index (χ1n) is 10.5. The molecule has 0 unspecified atom stereocenters. The van der Waals surface area contributed by atoms with Crippen molar-refractivity contribution in [2.45, 2.75) is 109 Å². The number of hydrogen-bond donors (Lipinski definition) is 0. The summed E-state index contributed by atoms with van der Waals surface area (Å²) < 4.78 is 6.53. The molecule has 0 saturated heterocycles. The quantitative estimate of drug-likeness (QED) is 0.267. The highest BCUT2D eigenvalue weighted by Crippen LogP contribution is 2.23. The van der Waals surface area contributed by atoms with Crippen molar-refractivity contribution < 1.29 is 14.0 Å². The van der Waals surface area contributed by atoms with E-state index in [1.165, 1.54) is 64.2 Å². The number of quaternary nitrogens is 1. The summed E-state index contributed by atoms with van der Waals surface area (Å²) in [6.07, 6.45) is 17.5. The molecule has 24 heavy (non-hydrogen) atoms. The van der Waals surface area contributed by atoms with E-state index in [1.54, 1.807) is 0 Å². The fourth-order valence-corrected chi connectivity index (χ4v) is 3.72. The van der Waals surface area contributed by atoms with Crippen molar-refractivity contribution in [2.24, 2.45) is 0 Å². The zero-order chi connectivity index (χ0) is 17.8. The monoisotopic (exact) mass is 340 g/mol. The summed E-state index contributed by atoms with van der Waals surface area (Å²) in [5, 5.41) is 0. The summed E-state index contributed by atoms with van der Waals surface area (Å²) in [5.41, 5.74) is 0. The maximum absolute atomic E-state index is 12.7. The van der Waals surface area contributed by atoms with Crippen LogP contribution in [0.25, 0.3) is 0 Å². The molecule has 0 N–H and O–H groups in total. The molecule has 0 aliphatic heterocycles. The third-order valence-corrected chi connectivity index (χ3v) is 5.37. The fraction of sp³-hybridized carbons (Fsp3) is 0.952. The van der Waals surface area contributed by atoms with E-state index < -0.39 is 0 Å². The van der Waals surface area contributed by atoms with Crippen LogP contribution in [0.1, 0.15) is 96.8 Å². The van der Waals surface area contributed by atoms with Crippen molar-refractivity contribution >= 4 is 5.97 Å². The average molecular weight is 341 g/mol. The molecule has 1 fully saturated rings. The molecule has 1 atom stereocenters. The molecule has 142 valence electrons. The van der Waals surface area contributed by atoms with Crippen LogP contribution >= 0.6 is 0 Å². The van der Waals surface area contributed by atoms with Gasteiger partial charge in [-0.05, 0) is 32.1 Å². The highest BCUT2D eigenvalue weighted by molar-refractivity contribution is 5.74. The molecule has 1 saturated carbocycles. The second-order valence-corrected chi connectivity index (χ2v) is 8.59. The third-order valence-electron chi connectivity index (χ3n) is 5.37. The second kappa shape index (κ2) is 11.9. The van der Waals surface area contributed by atoms with Crippen molar-refractivity contribution in [1.29, 1.82) is 0 Å². The third kappa shape index (κ3) is 9.05. The first-order valence-corrected chi connectivity index (χ1v) is 10.5. The van der Waals surface area contributed by atoms with Crippen LogP contribution < -0.4 is 0 Å². The lowest BCUT2D eigenvalue weighted by Crippen LogP contribution is -2.51. The maximum Gasteiger partial charge on any atom is 0.365 e. The van der Waals surface area contributed by atoms with E-state index in [2.05, 4.69) is 28.1 Å². The lowest BCUT2D eigenvalue weighted by Gasteiger charge is -2.34.